The van der Waals surface area contributed by atoms with E-state index in [1.54, 1.807) is 42.5 Å². The normalized spacial score (nSPS) is 11.3. The van der Waals surface area contributed by atoms with Gasteiger partial charge in [0.1, 0.15) is 5.70 Å². The molecule has 0 atom stereocenters. The van der Waals surface area contributed by atoms with Crippen LogP contribution in [0.4, 0.5) is 11.4 Å². The first-order valence-corrected chi connectivity index (χ1v) is 12.3. The molecule has 0 aliphatic carbocycles. The highest BCUT2D eigenvalue weighted by molar-refractivity contribution is 9.10. The van der Waals surface area contributed by atoms with E-state index in [1.807, 2.05) is 24.3 Å². The fourth-order valence-electron chi connectivity index (χ4n) is 3.45. The molecule has 3 aromatic carbocycles. The van der Waals surface area contributed by atoms with Crippen molar-refractivity contribution in [2.75, 3.05) is 18.0 Å². The number of hydrogen-bond donors (Lipinski definition) is 2. The van der Waals surface area contributed by atoms with E-state index in [-0.39, 0.29) is 11.4 Å². The summed E-state index contributed by atoms with van der Waals surface area (Å²) < 4.78 is 0.333. The van der Waals surface area contributed by atoms with E-state index in [0.717, 1.165) is 18.8 Å². The van der Waals surface area contributed by atoms with Gasteiger partial charge in [0.25, 0.3) is 17.5 Å². The van der Waals surface area contributed by atoms with Crippen LogP contribution >= 0.6 is 15.9 Å². The third-order valence-electron chi connectivity index (χ3n) is 5.41. The summed E-state index contributed by atoms with van der Waals surface area (Å²) in [4.78, 5) is 38.5. The van der Waals surface area contributed by atoms with Crippen molar-refractivity contribution >= 4 is 51.4 Å². The number of hydrogen-bond acceptors (Lipinski definition) is 6. The Bertz CT molecular complexity index is 1320. The maximum Gasteiger partial charge on any atom is 0.287 e. The second-order valence-corrected chi connectivity index (χ2v) is 8.66. The predicted octanol–water partition coefficient (Wildman–Crippen LogP) is 5.12. The molecule has 0 aliphatic heterocycles. The van der Waals surface area contributed by atoms with Gasteiger partial charge in [0, 0.05) is 36.0 Å². The topological polar surface area (TPSA) is 117 Å². The summed E-state index contributed by atoms with van der Waals surface area (Å²) in [5, 5.41) is 17.7. The number of nitro benzene ring substituents is 1. The summed E-state index contributed by atoms with van der Waals surface area (Å²) in [5.74, 6) is -1.10. The Hall–Kier alpha value is -4.31. The third kappa shape index (κ3) is 7.58. The van der Waals surface area contributed by atoms with E-state index in [9.17, 15) is 19.7 Å². The Balaban J connectivity index is 1.83. The molecule has 0 spiro atoms. The number of nitrogens with zero attached hydrogens (tertiary/aromatic N) is 3. The van der Waals surface area contributed by atoms with Gasteiger partial charge in [-0.2, -0.15) is 5.10 Å². The number of carbonyl (C=O) groups is 2. The molecule has 0 bridgehead atoms. The number of halogens is 1. The number of carbonyl (C=O) groups excluding carboxylic acids is 2. The van der Waals surface area contributed by atoms with E-state index in [2.05, 4.69) is 50.5 Å². The number of anilines is 1. The Morgan fingerprint density at radius 3 is 2.27 bits per heavy atom. The molecule has 0 aliphatic rings. The number of amides is 2. The molecule has 0 saturated carbocycles. The fraction of sp³-hybridized carbons (Fsp3) is 0.148. The number of rotatable bonds is 10. The van der Waals surface area contributed by atoms with Crippen LogP contribution in [0.3, 0.4) is 0 Å². The highest BCUT2D eigenvalue weighted by Gasteiger charge is 2.15. The van der Waals surface area contributed by atoms with Crippen molar-refractivity contribution in [3.63, 3.8) is 0 Å². The molecule has 2 N–H and O–H groups in total. The fourth-order valence-corrected chi connectivity index (χ4v) is 3.85. The maximum absolute atomic E-state index is 13.0. The second-order valence-electron chi connectivity index (χ2n) is 7.81. The van der Waals surface area contributed by atoms with Crippen LogP contribution in [0.5, 0.6) is 0 Å². The molecule has 0 fully saturated rings. The van der Waals surface area contributed by atoms with Gasteiger partial charge in [0.2, 0.25) is 0 Å². The molecule has 0 unspecified atom stereocenters. The quantitative estimate of drug-likeness (QED) is 0.153. The van der Waals surface area contributed by atoms with Crippen molar-refractivity contribution in [1.29, 1.82) is 0 Å². The van der Waals surface area contributed by atoms with Gasteiger partial charge in [-0.25, -0.2) is 5.43 Å². The predicted molar refractivity (Wildman–Crippen MR) is 148 cm³/mol. The summed E-state index contributed by atoms with van der Waals surface area (Å²) in [6.45, 7) is 5.88. The van der Waals surface area contributed by atoms with Gasteiger partial charge in [-0.05, 0) is 71.7 Å². The lowest BCUT2D eigenvalue weighted by molar-refractivity contribution is -0.385. The first-order valence-electron chi connectivity index (χ1n) is 11.5. The Morgan fingerprint density at radius 2 is 1.65 bits per heavy atom. The molecule has 0 heterocycles. The first kappa shape index (κ1) is 27.3. The first-order chi connectivity index (χ1) is 17.8. The van der Waals surface area contributed by atoms with Crippen LogP contribution in [0.1, 0.15) is 35.3 Å². The zero-order valence-electron chi connectivity index (χ0n) is 20.3. The van der Waals surface area contributed by atoms with Gasteiger partial charge < -0.3 is 10.2 Å². The minimum atomic E-state index is -0.653. The van der Waals surface area contributed by atoms with Crippen molar-refractivity contribution < 1.29 is 14.5 Å². The molecular formula is C27H26BrN5O4. The molecule has 190 valence electrons. The number of nitro groups is 1. The van der Waals surface area contributed by atoms with E-state index >= 15 is 0 Å². The molecule has 0 radical (unpaired) electrons. The zero-order chi connectivity index (χ0) is 26.8. The van der Waals surface area contributed by atoms with Crippen LogP contribution < -0.4 is 15.6 Å². The minimum Gasteiger partial charge on any atom is -0.372 e. The van der Waals surface area contributed by atoms with Crippen LogP contribution in [-0.4, -0.2) is 36.0 Å². The van der Waals surface area contributed by atoms with Crippen LogP contribution in [0.15, 0.2) is 88.1 Å². The standard InChI is InChI=1S/C27H26BrN5O4/c1-3-32(4-2)22-13-10-19(11-14-22)16-24(30-26(34)21-8-6-5-7-9-21)27(35)31-29-18-20-12-15-23(28)25(17-20)33(36)37/h5-18H,3-4H2,1-2H3,(H,30,34)(H,31,35)/b24-16+,29-18+. The van der Waals surface area contributed by atoms with Crippen molar-refractivity contribution in [1.82, 2.24) is 10.7 Å². The molecule has 2 amide bonds. The second kappa shape index (κ2) is 13.1. The van der Waals surface area contributed by atoms with E-state index < -0.39 is 16.7 Å². The molecule has 3 aromatic rings. The zero-order valence-corrected chi connectivity index (χ0v) is 21.9. The van der Waals surface area contributed by atoms with Crippen LogP contribution in [0, 0.1) is 10.1 Å². The smallest absolute Gasteiger partial charge is 0.287 e. The highest BCUT2D eigenvalue weighted by Crippen LogP contribution is 2.25. The highest BCUT2D eigenvalue weighted by atomic mass is 79.9. The van der Waals surface area contributed by atoms with Gasteiger partial charge >= 0.3 is 0 Å². The molecule has 0 saturated heterocycles. The van der Waals surface area contributed by atoms with E-state index in [0.29, 0.717) is 21.2 Å². The molecular weight excluding hydrogens is 538 g/mol. The number of benzene rings is 3. The number of nitrogens with one attached hydrogen (secondary N) is 2. The summed E-state index contributed by atoms with van der Waals surface area (Å²) in [5.41, 5.74) is 4.81. The monoisotopic (exact) mass is 563 g/mol. The summed E-state index contributed by atoms with van der Waals surface area (Å²) in [6.07, 6.45) is 2.84. The summed E-state index contributed by atoms with van der Waals surface area (Å²) >= 11 is 3.13. The third-order valence-corrected chi connectivity index (χ3v) is 6.08. The molecule has 3 rings (SSSR count). The van der Waals surface area contributed by atoms with Crippen LogP contribution in [0.25, 0.3) is 6.08 Å². The maximum atomic E-state index is 13.0. The number of hydrazone groups is 1. The van der Waals surface area contributed by atoms with Crippen molar-refractivity contribution in [2.45, 2.75) is 13.8 Å². The lowest BCUT2D eigenvalue weighted by Crippen LogP contribution is -2.32. The van der Waals surface area contributed by atoms with Gasteiger partial charge in [0.05, 0.1) is 15.6 Å². The average Bonchev–Trinajstić information content (AvgIpc) is 2.91. The molecule has 37 heavy (non-hydrogen) atoms. The van der Waals surface area contributed by atoms with Gasteiger partial charge in [-0.1, -0.05) is 36.4 Å². The SMILES string of the molecule is CCN(CC)c1ccc(/C=C(/NC(=O)c2ccccc2)C(=O)N/N=C/c2ccc(Br)c([N+](=O)[O-])c2)cc1. The Morgan fingerprint density at radius 1 is 1.00 bits per heavy atom. The average molecular weight is 564 g/mol. The van der Waals surface area contributed by atoms with Crippen molar-refractivity contribution in [2.24, 2.45) is 5.10 Å². The minimum absolute atomic E-state index is 0.0108. The van der Waals surface area contributed by atoms with Gasteiger partial charge in [-0.3, -0.25) is 19.7 Å². The molecule has 0 aromatic heterocycles. The van der Waals surface area contributed by atoms with E-state index in [4.69, 9.17) is 0 Å². The van der Waals surface area contributed by atoms with Crippen molar-refractivity contribution in [3.05, 3.63) is 110 Å². The van der Waals surface area contributed by atoms with E-state index in [1.165, 1.54) is 18.3 Å². The van der Waals surface area contributed by atoms with Gasteiger partial charge in [0.15, 0.2) is 0 Å². The van der Waals surface area contributed by atoms with Crippen LogP contribution in [-0.2, 0) is 4.79 Å². The molecule has 9 nitrogen and oxygen atoms in total. The van der Waals surface area contributed by atoms with Crippen LogP contribution in [0.2, 0.25) is 0 Å². The summed E-state index contributed by atoms with van der Waals surface area (Å²) in [6, 6.07) is 20.6. The lowest BCUT2D eigenvalue weighted by Gasteiger charge is -2.20. The largest absolute Gasteiger partial charge is 0.372 e. The Labute approximate surface area is 223 Å². The molecule has 10 heteroatoms. The lowest BCUT2D eigenvalue weighted by atomic mass is 10.1. The van der Waals surface area contributed by atoms with Gasteiger partial charge in [-0.15, -0.1) is 0 Å². The Kier molecular flexibility index (Phi) is 9.68. The summed E-state index contributed by atoms with van der Waals surface area (Å²) in [7, 11) is 0. The van der Waals surface area contributed by atoms with Crippen molar-refractivity contribution in [3.8, 4) is 0 Å².